The predicted molar refractivity (Wildman–Crippen MR) is 97.0 cm³/mol. The average Bonchev–Trinajstić information content (AvgIpc) is 2.98. The summed E-state index contributed by atoms with van der Waals surface area (Å²) in [5.74, 6) is 2.81. The number of aliphatic hydroxyl groups excluding tert-OH is 1. The van der Waals surface area contributed by atoms with Crippen LogP contribution < -0.4 is 0 Å². The molecule has 0 radical (unpaired) electrons. The van der Waals surface area contributed by atoms with Crippen LogP contribution in [0.1, 0.15) is 71.1 Å². The molecule has 3 heteroatoms. The van der Waals surface area contributed by atoms with Gasteiger partial charge in [-0.15, -0.1) is 0 Å². The summed E-state index contributed by atoms with van der Waals surface area (Å²) in [6.07, 6.45) is 12.2. The standard InChI is InChI=1S/C22H34O3/c1-21-9-7-18-17-8-10-22(24-11-2-12-25-22)13-15(17)3-5-19(18)20(21)6-4-16(21)14-23/h16,18-20,23H,2-14H2,1H3/t16?,18?,19?,20?,21-/m1/s1. The highest BCUT2D eigenvalue weighted by atomic mass is 16.7. The average molecular weight is 347 g/mol. The van der Waals surface area contributed by atoms with Crippen LogP contribution in [-0.4, -0.2) is 30.7 Å². The van der Waals surface area contributed by atoms with E-state index >= 15 is 0 Å². The van der Waals surface area contributed by atoms with Crippen molar-refractivity contribution in [1.82, 2.24) is 0 Å². The zero-order valence-electron chi connectivity index (χ0n) is 15.8. The molecule has 1 spiro atoms. The topological polar surface area (TPSA) is 38.7 Å². The van der Waals surface area contributed by atoms with E-state index in [-0.39, 0.29) is 5.79 Å². The normalized spacial score (nSPS) is 45.8. The molecule has 1 N–H and O–H groups in total. The maximum atomic E-state index is 9.86. The first-order valence-electron chi connectivity index (χ1n) is 10.7. The van der Waals surface area contributed by atoms with Crippen LogP contribution in [0.5, 0.6) is 0 Å². The van der Waals surface area contributed by atoms with Gasteiger partial charge in [-0.2, -0.15) is 0 Å². The SMILES string of the molecule is C[C@]12CCC3C4=C(CCC3C1CCC2CO)CC1(CC4)OCCCO1. The first-order chi connectivity index (χ1) is 12.2. The Bertz CT molecular complexity index is 562. The maximum Gasteiger partial charge on any atom is 0.172 e. The number of allylic oxidation sites excluding steroid dienone is 1. The van der Waals surface area contributed by atoms with Crippen molar-refractivity contribution in [3.8, 4) is 0 Å². The van der Waals surface area contributed by atoms with Crippen molar-refractivity contribution in [2.45, 2.75) is 76.9 Å². The smallest absolute Gasteiger partial charge is 0.172 e. The summed E-state index contributed by atoms with van der Waals surface area (Å²) in [6, 6.07) is 0. The van der Waals surface area contributed by atoms with Crippen molar-refractivity contribution < 1.29 is 14.6 Å². The lowest BCUT2D eigenvalue weighted by Crippen LogP contribution is -2.47. The summed E-state index contributed by atoms with van der Waals surface area (Å²) in [6.45, 7) is 4.63. The van der Waals surface area contributed by atoms with Crippen LogP contribution in [0.25, 0.3) is 0 Å². The molecule has 5 rings (SSSR count). The van der Waals surface area contributed by atoms with Gasteiger partial charge < -0.3 is 14.6 Å². The Hall–Kier alpha value is -0.380. The maximum absolute atomic E-state index is 9.86. The van der Waals surface area contributed by atoms with Crippen molar-refractivity contribution in [3.05, 3.63) is 11.1 Å². The minimum atomic E-state index is -0.275. The van der Waals surface area contributed by atoms with Crippen LogP contribution in [0, 0.1) is 29.1 Å². The molecular formula is C22H34O3. The fourth-order valence-electron chi connectivity index (χ4n) is 7.46. The Balaban J connectivity index is 1.39. The second kappa shape index (κ2) is 6.07. The molecule has 0 amide bonds. The number of aliphatic hydroxyl groups is 1. The molecule has 0 aromatic carbocycles. The number of hydrogen-bond donors (Lipinski definition) is 1. The molecule has 25 heavy (non-hydrogen) atoms. The van der Waals surface area contributed by atoms with Crippen molar-refractivity contribution in [3.63, 3.8) is 0 Å². The fraction of sp³-hybridized carbons (Fsp3) is 0.909. The highest BCUT2D eigenvalue weighted by molar-refractivity contribution is 5.28. The van der Waals surface area contributed by atoms with E-state index in [0.717, 1.165) is 50.2 Å². The molecule has 4 unspecified atom stereocenters. The van der Waals surface area contributed by atoms with E-state index in [2.05, 4.69) is 6.92 Å². The molecule has 1 heterocycles. The Kier molecular flexibility index (Phi) is 4.07. The second-order valence-electron chi connectivity index (χ2n) is 9.68. The molecule has 3 nitrogen and oxygen atoms in total. The third-order valence-electron chi connectivity index (χ3n) is 8.81. The molecular weight excluding hydrogens is 312 g/mol. The quantitative estimate of drug-likeness (QED) is 0.713. The van der Waals surface area contributed by atoms with E-state index in [0.29, 0.717) is 17.9 Å². The van der Waals surface area contributed by atoms with Gasteiger partial charge in [-0.05, 0) is 80.5 Å². The number of fused-ring (bicyclic) bond motifs is 4. The van der Waals surface area contributed by atoms with Crippen LogP contribution in [0.15, 0.2) is 11.1 Å². The Morgan fingerprint density at radius 2 is 1.88 bits per heavy atom. The Morgan fingerprint density at radius 1 is 1.04 bits per heavy atom. The molecule has 0 aromatic heterocycles. The van der Waals surface area contributed by atoms with Gasteiger partial charge in [0.05, 0.1) is 13.2 Å². The summed E-state index contributed by atoms with van der Waals surface area (Å²) in [7, 11) is 0. The number of ether oxygens (including phenoxy) is 2. The molecule has 140 valence electrons. The van der Waals surface area contributed by atoms with Gasteiger partial charge in [0.15, 0.2) is 5.79 Å². The molecule has 3 fully saturated rings. The molecule has 2 saturated carbocycles. The van der Waals surface area contributed by atoms with Crippen molar-refractivity contribution in [2.24, 2.45) is 29.1 Å². The van der Waals surface area contributed by atoms with Gasteiger partial charge in [0.1, 0.15) is 0 Å². The third kappa shape index (κ3) is 2.49. The van der Waals surface area contributed by atoms with Crippen LogP contribution in [0.3, 0.4) is 0 Å². The molecule has 4 aliphatic carbocycles. The Morgan fingerprint density at radius 3 is 2.68 bits per heavy atom. The van der Waals surface area contributed by atoms with Crippen LogP contribution >= 0.6 is 0 Å². The van der Waals surface area contributed by atoms with Crippen LogP contribution in [-0.2, 0) is 9.47 Å². The summed E-state index contributed by atoms with van der Waals surface area (Å²) in [4.78, 5) is 0. The second-order valence-corrected chi connectivity index (χ2v) is 9.68. The lowest BCUT2D eigenvalue weighted by molar-refractivity contribution is -0.272. The van der Waals surface area contributed by atoms with E-state index in [1.54, 1.807) is 11.1 Å². The van der Waals surface area contributed by atoms with Crippen molar-refractivity contribution in [1.29, 1.82) is 0 Å². The van der Waals surface area contributed by atoms with E-state index in [9.17, 15) is 5.11 Å². The first-order valence-corrected chi connectivity index (χ1v) is 10.7. The molecule has 1 aliphatic heterocycles. The van der Waals surface area contributed by atoms with E-state index in [1.807, 2.05) is 0 Å². The van der Waals surface area contributed by atoms with Gasteiger partial charge in [0.25, 0.3) is 0 Å². The van der Waals surface area contributed by atoms with E-state index in [4.69, 9.17) is 9.47 Å². The lowest BCUT2D eigenvalue weighted by atomic mass is 9.53. The van der Waals surface area contributed by atoms with Gasteiger partial charge in [-0.1, -0.05) is 18.1 Å². The zero-order chi connectivity index (χ0) is 17.1. The highest BCUT2D eigenvalue weighted by Gasteiger charge is 2.55. The van der Waals surface area contributed by atoms with Gasteiger partial charge in [0, 0.05) is 19.4 Å². The molecule has 0 bridgehead atoms. The fourth-order valence-corrected chi connectivity index (χ4v) is 7.46. The number of hydrogen-bond acceptors (Lipinski definition) is 3. The summed E-state index contributed by atoms with van der Waals surface area (Å²) < 4.78 is 12.2. The lowest BCUT2D eigenvalue weighted by Gasteiger charge is -2.53. The third-order valence-corrected chi connectivity index (χ3v) is 8.81. The van der Waals surface area contributed by atoms with Gasteiger partial charge in [-0.3, -0.25) is 0 Å². The van der Waals surface area contributed by atoms with Gasteiger partial charge >= 0.3 is 0 Å². The van der Waals surface area contributed by atoms with Crippen molar-refractivity contribution >= 4 is 0 Å². The first kappa shape index (κ1) is 16.8. The molecule has 5 aliphatic rings. The summed E-state index contributed by atoms with van der Waals surface area (Å²) in [5.41, 5.74) is 3.89. The van der Waals surface area contributed by atoms with Crippen LogP contribution in [0.2, 0.25) is 0 Å². The monoisotopic (exact) mass is 346 g/mol. The van der Waals surface area contributed by atoms with Gasteiger partial charge in [-0.25, -0.2) is 0 Å². The van der Waals surface area contributed by atoms with E-state index in [1.165, 1.54) is 44.9 Å². The van der Waals surface area contributed by atoms with Gasteiger partial charge in [0.2, 0.25) is 0 Å². The summed E-state index contributed by atoms with van der Waals surface area (Å²) in [5, 5.41) is 9.86. The molecule has 1 saturated heterocycles. The Labute approximate surface area is 152 Å². The predicted octanol–water partition coefficient (Wildman–Crippen LogP) is 4.44. The minimum Gasteiger partial charge on any atom is -0.396 e. The van der Waals surface area contributed by atoms with Crippen LogP contribution in [0.4, 0.5) is 0 Å². The zero-order valence-corrected chi connectivity index (χ0v) is 15.8. The largest absolute Gasteiger partial charge is 0.396 e. The summed E-state index contributed by atoms with van der Waals surface area (Å²) >= 11 is 0. The highest BCUT2D eigenvalue weighted by Crippen LogP contribution is 2.63. The minimum absolute atomic E-state index is 0.275. The molecule has 0 aromatic rings. The van der Waals surface area contributed by atoms with Crippen molar-refractivity contribution in [2.75, 3.05) is 19.8 Å². The number of rotatable bonds is 1. The van der Waals surface area contributed by atoms with E-state index < -0.39 is 0 Å². The molecule has 5 atom stereocenters.